The van der Waals surface area contributed by atoms with Crippen molar-refractivity contribution in [2.75, 3.05) is 27.4 Å². The zero-order valence-electron chi connectivity index (χ0n) is 12.2. The van der Waals surface area contributed by atoms with Gasteiger partial charge in [0.1, 0.15) is 0 Å². The van der Waals surface area contributed by atoms with Gasteiger partial charge in [0, 0.05) is 32.0 Å². The van der Waals surface area contributed by atoms with Crippen LogP contribution >= 0.6 is 0 Å². The zero-order chi connectivity index (χ0) is 14.4. The number of methoxy groups -OCH3 is 2. The van der Waals surface area contributed by atoms with Crippen molar-refractivity contribution in [1.82, 2.24) is 0 Å². The summed E-state index contributed by atoms with van der Waals surface area (Å²) in [6.07, 6.45) is 4.78. The van der Waals surface area contributed by atoms with Gasteiger partial charge in [-0.15, -0.1) is 0 Å². The highest BCUT2D eigenvalue weighted by Crippen LogP contribution is 2.31. The number of hydrogen-bond acceptors (Lipinski definition) is 3. The molecule has 20 heavy (non-hydrogen) atoms. The number of rotatable bonds is 6. The molecule has 0 radical (unpaired) electrons. The minimum atomic E-state index is -0.389. The molecule has 1 aromatic carbocycles. The third kappa shape index (κ3) is 3.69. The molecule has 110 valence electrons. The Kier molecular flexibility index (Phi) is 5.77. The van der Waals surface area contributed by atoms with E-state index in [1.165, 1.54) is 5.56 Å². The van der Waals surface area contributed by atoms with Crippen LogP contribution in [0.15, 0.2) is 42.5 Å². The largest absolute Gasteiger partial charge is 0.392 e. The molecule has 0 unspecified atom stereocenters. The lowest BCUT2D eigenvalue weighted by molar-refractivity contribution is -0.0198. The number of aliphatic hydroxyl groups excluding tert-OH is 1. The smallest absolute Gasteiger partial charge is 0.0662 e. The fourth-order valence-electron chi connectivity index (χ4n) is 2.97. The Balaban J connectivity index is 2.09. The lowest BCUT2D eigenvalue weighted by Gasteiger charge is -2.36. The monoisotopic (exact) mass is 276 g/mol. The van der Waals surface area contributed by atoms with Crippen LogP contribution in [-0.2, 0) is 15.9 Å². The van der Waals surface area contributed by atoms with Crippen LogP contribution in [0.3, 0.4) is 0 Å². The van der Waals surface area contributed by atoms with Crippen LogP contribution in [0.1, 0.15) is 5.56 Å². The van der Waals surface area contributed by atoms with Crippen molar-refractivity contribution in [3.8, 4) is 0 Å². The van der Waals surface area contributed by atoms with Gasteiger partial charge in [-0.05, 0) is 12.0 Å². The van der Waals surface area contributed by atoms with Crippen molar-refractivity contribution in [1.29, 1.82) is 0 Å². The fraction of sp³-hybridized carbons (Fsp3) is 0.529. The molecular formula is C17H24O3. The Labute approximate surface area is 121 Å². The second kappa shape index (κ2) is 7.58. The van der Waals surface area contributed by atoms with E-state index < -0.39 is 0 Å². The van der Waals surface area contributed by atoms with Crippen molar-refractivity contribution in [2.24, 2.45) is 17.8 Å². The lowest BCUT2D eigenvalue weighted by atomic mass is 9.75. The summed E-state index contributed by atoms with van der Waals surface area (Å²) in [7, 11) is 3.38. The predicted molar refractivity (Wildman–Crippen MR) is 79.5 cm³/mol. The molecular weight excluding hydrogens is 252 g/mol. The van der Waals surface area contributed by atoms with Gasteiger partial charge in [-0.2, -0.15) is 0 Å². The van der Waals surface area contributed by atoms with Crippen LogP contribution in [0.5, 0.6) is 0 Å². The molecule has 3 heteroatoms. The van der Waals surface area contributed by atoms with E-state index in [0.29, 0.717) is 13.2 Å². The van der Waals surface area contributed by atoms with Gasteiger partial charge in [0.25, 0.3) is 0 Å². The lowest BCUT2D eigenvalue weighted by Crippen LogP contribution is -2.41. The quantitative estimate of drug-likeness (QED) is 0.810. The highest BCUT2D eigenvalue weighted by molar-refractivity contribution is 5.18. The van der Waals surface area contributed by atoms with Gasteiger partial charge < -0.3 is 14.6 Å². The summed E-state index contributed by atoms with van der Waals surface area (Å²) in [5, 5.41) is 10.6. The van der Waals surface area contributed by atoms with E-state index >= 15 is 0 Å². The van der Waals surface area contributed by atoms with Crippen molar-refractivity contribution in [3.63, 3.8) is 0 Å². The molecule has 1 N–H and O–H groups in total. The molecule has 1 aromatic rings. The second-order valence-electron chi connectivity index (χ2n) is 5.47. The summed E-state index contributed by atoms with van der Waals surface area (Å²) in [5.41, 5.74) is 1.25. The minimum absolute atomic E-state index is 0.0960. The van der Waals surface area contributed by atoms with Crippen LogP contribution in [0.25, 0.3) is 0 Å². The zero-order valence-corrected chi connectivity index (χ0v) is 12.2. The normalized spacial score (nSPS) is 29.6. The summed E-state index contributed by atoms with van der Waals surface area (Å²) in [6.45, 7) is 1.18. The third-order valence-corrected chi connectivity index (χ3v) is 4.07. The second-order valence-corrected chi connectivity index (χ2v) is 5.47. The number of aliphatic hydroxyl groups is 1. The molecule has 0 spiro atoms. The van der Waals surface area contributed by atoms with E-state index in [9.17, 15) is 5.11 Å². The predicted octanol–water partition coefficient (Wildman–Crippen LogP) is 2.30. The molecule has 0 fully saturated rings. The Bertz CT molecular complexity index is 416. The van der Waals surface area contributed by atoms with Crippen LogP contribution in [0.2, 0.25) is 0 Å². The third-order valence-electron chi connectivity index (χ3n) is 4.07. The topological polar surface area (TPSA) is 38.7 Å². The molecule has 1 aliphatic carbocycles. The minimum Gasteiger partial charge on any atom is -0.392 e. The van der Waals surface area contributed by atoms with Crippen LogP contribution in [0.4, 0.5) is 0 Å². The maximum absolute atomic E-state index is 10.6. The summed E-state index contributed by atoms with van der Waals surface area (Å²) in [6, 6.07) is 10.3. The molecule has 3 nitrogen and oxygen atoms in total. The maximum atomic E-state index is 10.6. The standard InChI is InChI=1S/C17H24O3/c1-19-11-15-9-8-14(17(18)16(15)12-20-2)10-13-6-4-3-5-7-13/h3-9,14-18H,10-12H2,1-2H3/t14-,15-,16+,17-/m0/s1. The van der Waals surface area contributed by atoms with Gasteiger partial charge >= 0.3 is 0 Å². The first-order valence-electron chi connectivity index (χ1n) is 7.14. The summed E-state index contributed by atoms with van der Waals surface area (Å²) in [4.78, 5) is 0. The van der Waals surface area contributed by atoms with E-state index in [1.807, 2.05) is 18.2 Å². The average molecular weight is 276 g/mol. The molecule has 0 saturated carbocycles. The molecule has 0 bridgehead atoms. The number of ether oxygens (including phenoxy) is 2. The number of benzene rings is 1. The fourth-order valence-corrected chi connectivity index (χ4v) is 2.97. The van der Waals surface area contributed by atoms with Crippen LogP contribution < -0.4 is 0 Å². The molecule has 2 rings (SSSR count). The number of hydrogen-bond donors (Lipinski definition) is 1. The van der Waals surface area contributed by atoms with Gasteiger partial charge in [-0.25, -0.2) is 0 Å². The van der Waals surface area contributed by atoms with Gasteiger partial charge in [-0.3, -0.25) is 0 Å². The molecule has 0 aromatic heterocycles. The van der Waals surface area contributed by atoms with E-state index in [1.54, 1.807) is 14.2 Å². The van der Waals surface area contributed by atoms with Crippen molar-refractivity contribution < 1.29 is 14.6 Å². The molecule has 4 atom stereocenters. The Morgan fingerprint density at radius 2 is 1.60 bits per heavy atom. The Hall–Kier alpha value is -1.16. The molecule has 0 aliphatic heterocycles. The highest BCUT2D eigenvalue weighted by Gasteiger charge is 2.35. The van der Waals surface area contributed by atoms with Crippen LogP contribution in [0, 0.1) is 17.8 Å². The Morgan fingerprint density at radius 3 is 2.25 bits per heavy atom. The Morgan fingerprint density at radius 1 is 0.950 bits per heavy atom. The molecule has 0 amide bonds. The maximum Gasteiger partial charge on any atom is 0.0662 e. The summed E-state index contributed by atoms with van der Waals surface area (Å²) >= 11 is 0. The summed E-state index contributed by atoms with van der Waals surface area (Å²) in [5.74, 6) is 0.464. The van der Waals surface area contributed by atoms with E-state index in [0.717, 1.165) is 6.42 Å². The average Bonchev–Trinajstić information content (AvgIpc) is 2.47. The SMILES string of the molecule is COC[C@H]1[C@@H](O)[C@H](Cc2ccccc2)C=C[C@H]1COC. The molecule has 1 aliphatic rings. The van der Waals surface area contributed by atoms with Crippen molar-refractivity contribution in [2.45, 2.75) is 12.5 Å². The first-order chi connectivity index (χ1) is 9.76. The molecule has 0 heterocycles. The van der Waals surface area contributed by atoms with Crippen molar-refractivity contribution >= 4 is 0 Å². The van der Waals surface area contributed by atoms with Gasteiger partial charge in [0.15, 0.2) is 0 Å². The van der Waals surface area contributed by atoms with Gasteiger partial charge in [0.05, 0.1) is 19.3 Å². The van der Waals surface area contributed by atoms with E-state index in [2.05, 4.69) is 24.3 Å². The molecule has 0 saturated heterocycles. The van der Waals surface area contributed by atoms with Gasteiger partial charge in [-0.1, -0.05) is 42.5 Å². The first kappa shape index (κ1) is 15.2. The van der Waals surface area contributed by atoms with Crippen LogP contribution in [-0.4, -0.2) is 38.6 Å². The van der Waals surface area contributed by atoms with Crippen molar-refractivity contribution in [3.05, 3.63) is 48.0 Å². The summed E-state index contributed by atoms with van der Waals surface area (Å²) < 4.78 is 10.5. The first-order valence-corrected chi connectivity index (χ1v) is 7.14. The highest BCUT2D eigenvalue weighted by atomic mass is 16.5. The van der Waals surface area contributed by atoms with E-state index in [4.69, 9.17) is 9.47 Å². The van der Waals surface area contributed by atoms with Gasteiger partial charge in [0.2, 0.25) is 0 Å². The van der Waals surface area contributed by atoms with E-state index in [-0.39, 0.29) is 23.9 Å².